The molecule has 6 atom stereocenters. The van der Waals surface area contributed by atoms with Crippen molar-refractivity contribution in [1.82, 2.24) is 0 Å². The molecule has 1 aliphatic heterocycles. The van der Waals surface area contributed by atoms with Gasteiger partial charge >= 0.3 is 16.4 Å². The van der Waals surface area contributed by atoms with Crippen LogP contribution in [0.4, 0.5) is 0 Å². The fourth-order valence-electron chi connectivity index (χ4n) is 8.62. The summed E-state index contributed by atoms with van der Waals surface area (Å²) in [6.07, 6.45) is 51.4. The van der Waals surface area contributed by atoms with Crippen LogP contribution in [0, 0.1) is 0 Å². The van der Waals surface area contributed by atoms with Gasteiger partial charge in [0.25, 0.3) is 0 Å². The summed E-state index contributed by atoms with van der Waals surface area (Å²) in [6, 6.07) is 0. The molecule has 12 nitrogen and oxygen atoms in total. The van der Waals surface area contributed by atoms with Crippen LogP contribution >= 0.6 is 0 Å². The number of hydrogen-bond donors (Lipinski definition) is 4. The molecular weight excluding hydrogens is 909 g/mol. The molecule has 0 bridgehead atoms. The Labute approximate surface area is 427 Å². The summed E-state index contributed by atoms with van der Waals surface area (Å²) in [5, 5.41) is 30.8. The molecule has 0 amide bonds. The van der Waals surface area contributed by atoms with Crippen molar-refractivity contribution in [2.45, 2.75) is 282 Å². The number of carbonyl (C=O) groups excluding carboxylic acids is 1. The van der Waals surface area contributed by atoms with Crippen LogP contribution in [0.3, 0.4) is 0 Å². The molecule has 1 saturated heterocycles. The smallest absolute Gasteiger partial charge is 0.397 e. The van der Waals surface area contributed by atoms with Gasteiger partial charge in [-0.1, -0.05) is 210 Å². The second kappa shape index (κ2) is 48.0. The van der Waals surface area contributed by atoms with Crippen LogP contribution in [0.25, 0.3) is 0 Å². The predicted octanol–water partition coefficient (Wildman–Crippen LogP) is 13.9. The predicted molar refractivity (Wildman–Crippen MR) is 285 cm³/mol. The van der Waals surface area contributed by atoms with E-state index in [2.05, 4.69) is 66.6 Å². The number of unbranched alkanes of at least 4 members (excludes halogenated alkanes) is 29. The molecule has 0 aromatic heterocycles. The Bertz CT molecular complexity index is 1400. The normalized spacial score (nSPS) is 19.4. The van der Waals surface area contributed by atoms with E-state index in [1.165, 1.54) is 161 Å². The lowest BCUT2D eigenvalue weighted by atomic mass is 9.99. The van der Waals surface area contributed by atoms with E-state index in [-0.39, 0.29) is 19.6 Å². The number of rotatable bonds is 50. The van der Waals surface area contributed by atoms with E-state index in [4.69, 9.17) is 18.9 Å². The van der Waals surface area contributed by atoms with Crippen molar-refractivity contribution >= 4 is 16.4 Å². The van der Waals surface area contributed by atoms with Gasteiger partial charge in [-0.25, -0.2) is 4.18 Å². The van der Waals surface area contributed by atoms with Crippen molar-refractivity contribution in [3.05, 3.63) is 48.6 Å². The minimum Gasteiger partial charge on any atom is -0.457 e. The molecule has 1 aliphatic rings. The minimum atomic E-state index is -5.07. The van der Waals surface area contributed by atoms with Crippen molar-refractivity contribution in [3.63, 3.8) is 0 Å². The van der Waals surface area contributed by atoms with Crippen LogP contribution in [0.15, 0.2) is 48.6 Å². The van der Waals surface area contributed by atoms with Crippen LogP contribution in [0.1, 0.15) is 245 Å². The highest BCUT2D eigenvalue weighted by Gasteiger charge is 2.48. The second-order valence-corrected chi connectivity index (χ2v) is 20.6. The summed E-state index contributed by atoms with van der Waals surface area (Å²) in [5.41, 5.74) is 0. The van der Waals surface area contributed by atoms with E-state index in [9.17, 15) is 33.1 Å². The van der Waals surface area contributed by atoms with E-state index < -0.39 is 59.8 Å². The number of carbonyl (C=O) groups is 1. The molecule has 1 heterocycles. The van der Waals surface area contributed by atoms with E-state index in [1.54, 1.807) is 0 Å². The summed E-state index contributed by atoms with van der Waals surface area (Å²) in [7, 11) is -5.07. The number of esters is 1. The van der Waals surface area contributed by atoms with E-state index in [1.807, 2.05) is 0 Å². The van der Waals surface area contributed by atoms with Gasteiger partial charge in [0.1, 0.15) is 30.5 Å². The molecule has 0 spiro atoms. The third-order valence-corrected chi connectivity index (χ3v) is 13.4. The highest BCUT2D eigenvalue weighted by Crippen LogP contribution is 2.26. The maximum Gasteiger partial charge on any atom is 0.397 e. The zero-order valence-electron chi connectivity index (χ0n) is 44.3. The average molecular weight is 1010 g/mol. The maximum atomic E-state index is 12.9. The third kappa shape index (κ3) is 40.5. The summed E-state index contributed by atoms with van der Waals surface area (Å²) in [4.78, 5) is 12.9. The van der Waals surface area contributed by atoms with Gasteiger partial charge in [-0.3, -0.25) is 9.35 Å². The van der Waals surface area contributed by atoms with Gasteiger partial charge in [0.2, 0.25) is 0 Å². The number of hydrogen-bond acceptors (Lipinski definition) is 11. The molecule has 1 fully saturated rings. The van der Waals surface area contributed by atoms with Crippen LogP contribution in [0.5, 0.6) is 0 Å². The lowest BCUT2D eigenvalue weighted by Gasteiger charge is -2.41. The molecule has 1 rings (SSSR count). The first-order valence-corrected chi connectivity index (χ1v) is 29.8. The molecule has 0 aliphatic carbocycles. The number of aliphatic hydroxyl groups excluding tert-OH is 3. The number of aliphatic hydroxyl groups is 3. The Balaban J connectivity index is 2.30. The monoisotopic (exact) mass is 1010 g/mol. The van der Waals surface area contributed by atoms with Crippen LogP contribution < -0.4 is 0 Å². The zero-order chi connectivity index (χ0) is 51.0. The van der Waals surface area contributed by atoms with Crippen molar-refractivity contribution in [2.24, 2.45) is 0 Å². The highest BCUT2D eigenvalue weighted by molar-refractivity contribution is 7.80. The van der Waals surface area contributed by atoms with Gasteiger partial charge in [0.15, 0.2) is 6.29 Å². The van der Waals surface area contributed by atoms with E-state index >= 15 is 0 Å². The summed E-state index contributed by atoms with van der Waals surface area (Å²) < 4.78 is 59.4. The Morgan fingerprint density at radius 3 is 1.39 bits per heavy atom. The molecule has 0 saturated carbocycles. The largest absolute Gasteiger partial charge is 0.457 e. The molecule has 0 aromatic carbocycles. The van der Waals surface area contributed by atoms with Crippen molar-refractivity contribution < 1.29 is 56.2 Å². The second-order valence-electron chi connectivity index (χ2n) is 19.5. The molecule has 0 aromatic rings. The Morgan fingerprint density at radius 2 is 0.943 bits per heavy atom. The maximum absolute atomic E-state index is 12.9. The summed E-state index contributed by atoms with van der Waals surface area (Å²) in [5.74, 6) is -0.402. The van der Waals surface area contributed by atoms with Gasteiger partial charge in [-0.2, -0.15) is 8.42 Å². The highest BCUT2D eigenvalue weighted by atomic mass is 32.3. The Hall–Kier alpha value is -1.94. The van der Waals surface area contributed by atoms with Gasteiger partial charge < -0.3 is 34.3 Å². The third-order valence-electron chi connectivity index (χ3n) is 12.9. The van der Waals surface area contributed by atoms with Crippen LogP contribution in [-0.2, 0) is 38.3 Å². The van der Waals surface area contributed by atoms with E-state index in [0.29, 0.717) is 13.0 Å². The van der Waals surface area contributed by atoms with Gasteiger partial charge in [-0.15, -0.1) is 0 Å². The first-order valence-electron chi connectivity index (χ1n) is 28.4. The average Bonchev–Trinajstić information content (AvgIpc) is 3.34. The van der Waals surface area contributed by atoms with Crippen molar-refractivity contribution in [2.75, 3.05) is 26.4 Å². The van der Waals surface area contributed by atoms with E-state index in [0.717, 1.165) is 57.8 Å². The lowest BCUT2D eigenvalue weighted by Crippen LogP contribution is -2.60. The first-order chi connectivity index (χ1) is 34.1. The first kappa shape index (κ1) is 66.1. The van der Waals surface area contributed by atoms with Gasteiger partial charge in [0.05, 0.1) is 19.8 Å². The molecule has 6 unspecified atom stereocenters. The lowest BCUT2D eigenvalue weighted by molar-refractivity contribution is -0.301. The molecule has 70 heavy (non-hydrogen) atoms. The quantitative estimate of drug-likeness (QED) is 0.0196. The zero-order valence-corrected chi connectivity index (χ0v) is 45.1. The fraction of sp³-hybridized carbons (Fsp3) is 0.842. The Morgan fingerprint density at radius 1 is 0.543 bits per heavy atom. The molecule has 4 N–H and O–H groups in total. The van der Waals surface area contributed by atoms with Gasteiger partial charge in [-0.05, 0) is 77.0 Å². The number of allylic oxidation sites excluding steroid dienone is 8. The fourth-order valence-corrected chi connectivity index (χ4v) is 9.13. The number of ether oxygens (including phenoxy) is 4. The molecule has 410 valence electrons. The SMILES string of the molecule is CCCCC/C=C\C/C=C\CCCCCCCCCCCC(=O)OC(COCCCCCCCCCCCCCC/C=C\C/C=C\CCCCCCC)COC1OC(CO)C(O)C(OS(=O)(=O)O)C1O. The topological polar surface area (TPSA) is 178 Å². The van der Waals surface area contributed by atoms with Gasteiger partial charge in [0, 0.05) is 13.0 Å². The molecule has 13 heteroatoms. The summed E-state index contributed by atoms with van der Waals surface area (Å²) in [6.45, 7) is 3.98. The standard InChI is InChI=1S/C57H104O12S/c1-3-5-7-9-11-13-15-17-19-21-23-24-25-26-27-29-31-33-35-37-39-41-43-45-47-65-49-51(50-66-57-55(61)56(69-70(62,63)64)54(60)52(48-58)68-57)67-53(59)46-44-42-40-38-36-34-32-30-28-22-20-18-16-14-12-10-8-6-4-2/h12,14-15,17-18,20-21,23,51-52,54-58,60-61H,3-11,13,16,19,22,24-50H2,1-2H3,(H,62,63,64)/b14-12-,17-15-,20-18-,23-21-. The molecule has 0 radical (unpaired) electrons. The van der Waals surface area contributed by atoms with Crippen molar-refractivity contribution in [1.29, 1.82) is 0 Å². The van der Waals surface area contributed by atoms with Crippen molar-refractivity contribution in [3.8, 4) is 0 Å². The molecular formula is C57H104O12S. The van der Waals surface area contributed by atoms with Crippen LogP contribution in [0.2, 0.25) is 0 Å². The summed E-state index contributed by atoms with van der Waals surface area (Å²) >= 11 is 0. The van der Waals surface area contributed by atoms with Crippen LogP contribution in [-0.4, -0.2) is 97.5 Å². The Kier molecular flexibility index (Phi) is 45.3. The minimum absolute atomic E-state index is 0.0338.